The summed E-state index contributed by atoms with van der Waals surface area (Å²) in [5, 5.41) is 0. The summed E-state index contributed by atoms with van der Waals surface area (Å²) >= 11 is 1.98. The van der Waals surface area contributed by atoms with Crippen molar-refractivity contribution in [3.8, 4) is 0 Å². The van der Waals surface area contributed by atoms with Crippen LogP contribution in [0.15, 0.2) is 11.6 Å². The summed E-state index contributed by atoms with van der Waals surface area (Å²) in [6.07, 6.45) is 15.1. The Kier molecular flexibility index (Phi) is 4.34. The van der Waals surface area contributed by atoms with Crippen LogP contribution in [0.25, 0.3) is 0 Å². The van der Waals surface area contributed by atoms with Crippen LogP contribution in [-0.2, 0) is 9.53 Å². The maximum absolute atomic E-state index is 12.7. The first-order chi connectivity index (χ1) is 11.9. The SMILES string of the molecule is COC(=O)[C@]1(C)CCC[C@@]2(C)[C@@H]3C[C@@H]4CC[C@]3(C=C4CSC)CC[C@@H]21. The van der Waals surface area contributed by atoms with Crippen molar-refractivity contribution in [3.63, 3.8) is 0 Å². The van der Waals surface area contributed by atoms with Crippen molar-refractivity contribution in [3.05, 3.63) is 11.6 Å². The molecule has 5 aliphatic carbocycles. The molecule has 0 aliphatic heterocycles. The predicted octanol–water partition coefficient (Wildman–Crippen LogP) is 5.47. The Bertz CT molecular complexity index is 599. The average Bonchev–Trinajstić information content (AvgIpc) is 2.61. The molecule has 3 fully saturated rings. The third-order valence-corrected chi connectivity index (χ3v) is 9.43. The smallest absolute Gasteiger partial charge is 0.311 e. The van der Waals surface area contributed by atoms with Gasteiger partial charge in [0, 0.05) is 5.75 Å². The average molecular weight is 363 g/mol. The van der Waals surface area contributed by atoms with Crippen molar-refractivity contribution < 1.29 is 9.53 Å². The molecule has 0 aromatic heterocycles. The second kappa shape index (κ2) is 6.04. The lowest BCUT2D eigenvalue weighted by Gasteiger charge is -2.66. The fraction of sp³-hybridized carbons (Fsp3) is 0.864. The van der Waals surface area contributed by atoms with Gasteiger partial charge in [0.2, 0.25) is 0 Å². The van der Waals surface area contributed by atoms with Gasteiger partial charge in [0.1, 0.15) is 0 Å². The molecule has 3 heteroatoms. The van der Waals surface area contributed by atoms with E-state index in [0.29, 0.717) is 16.7 Å². The molecule has 25 heavy (non-hydrogen) atoms. The van der Waals surface area contributed by atoms with Crippen LogP contribution in [0.5, 0.6) is 0 Å². The number of carbonyl (C=O) groups excluding carboxylic acids is 1. The topological polar surface area (TPSA) is 26.3 Å². The number of esters is 1. The van der Waals surface area contributed by atoms with E-state index in [1.807, 2.05) is 11.8 Å². The molecule has 2 nitrogen and oxygen atoms in total. The van der Waals surface area contributed by atoms with Gasteiger partial charge in [-0.15, -0.1) is 0 Å². The number of methoxy groups -OCH3 is 1. The van der Waals surface area contributed by atoms with Crippen LogP contribution in [0.1, 0.15) is 65.2 Å². The lowest BCUT2D eigenvalue weighted by atomic mass is 9.38. The van der Waals surface area contributed by atoms with Crippen molar-refractivity contribution in [2.24, 2.45) is 34.0 Å². The maximum Gasteiger partial charge on any atom is 0.311 e. The van der Waals surface area contributed by atoms with E-state index < -0.39 is 0 Å². The van der Waals surface area contributed by atoms with Crippen LogP contribution < -0.4 is 0 Å². The van der Waals surface area contributed by atoms with E-state index in [1.54, 1.807) is 12.7 Å². The molecule has 0 amide bonds. The normalized spacial score (nSPS) is 48.3. The van der Waals surface area contributed by atoms with Crippen LogP contribution in [0, 0.1) is 34.0 Å². The Morgan fingerprint density at radius 3 is 2.68 bits per heavy atom. The molecule has 0 unspecified atom stereocenters. The van der Waals surface area contributed by atoms with Gasteiger partial charge in [-0.05, 0) is 86.7 Å². The minimum atomic E-state index is -0.272. The first-order valence-electron chi connectivity index (χ1n) is 10.2. The highest BCUT2D eigenvalue weighted by Crippen LogP contribution is 2.70. The molecule has 3 saturated carbocycles. The molecule has 0 saturated heterocycles. The first kappa shape index (κ1) is 17.9. The number of thioether (sulfide) groups is 1. The predicted molar refractivity (Wildman–Crippen MR) is 105 cm³/mol. The van der Waals surface area contributed by atoms with E-state index in [4.69, 9.17) is 4.74 Å². The number of hydrogen-bond donors (Lipinski definition) is 0. The summed E-state index contributed by atoms with van der Waals surface area (Å²) in [7, 11) is 1.57. The molecule has 2 bridgehead atoms. The lowest BCUT2D eigenvalue weighted by molar-refractivity contribution is -0.183. The van der Waals surface area contributed by atoms with Crippen LogP contribution in [-0.4, -0.2) is 25.1 Å². The van der Waals surface area contributed by atoms with Gasteiger partial charge in [0.15, 0.2) is 0 Å². The summed E-state index contributed by atoms with van der Waals surface area (Å²) in [6.45, 7) is 4.74. The van der Waals surface area contributed by atoms with Crippen molar-refractivity contribution in [2.45, 2.75) is 65.2 Å². The fourth-order valence-electron chi connectivity index (χ4n) is 7.74. The molecule has 0 N–H and O–H groups in total. The number of ether oxygens (including phenoxy) is 1. The second-order valence-corrected chi connectivity index (χ2v) is 10.6. The molecule has 140 valence electrons. The summed E-state index contributed by atoms with van der Waals surface area (Å²) in [5.74, 6) is 3.33. The second-order valence-electron chi connectivity index (χ2n) is 9.77. The summed E-state index contributed by atoms with van der Waals surface area (Å²) in [4.78, 5) is 12.7. The molecule has 0 aromatic carbocycles. The molecule has 0 aromatic rings. The van der Waals surface area contributed by atoms with Gasteiger partial charge in [-0.25, -0.2) is 0 Å². The zero-order valence-corrected chi connectivity index (χ0v) is 17.2. The standard InChI is InChI=1S/C22H34O2S/c1-20-8-5-9-21(2,19(23)24-3)17(20)7-11-22-10-6-15(12-18(20)22)16(13-22)14-25-4/h13,15,17-18H,5-12,14H2,1-4H3/t15-,17-,18-,20+,21+,22+/m0/s1. The van der Waals surface area contributed by atoms with Crippen molar-refractivity contribution in [1.82, 2.24) is 0 Å². The molecule has 0 radical (unpaired) electrons. The summed E-state index contributed by atoms with van der Waals surface area (Å²) < 4.78 is 5.28. The van der Waals surface area contributed by atoms with E-state index in [2.05, 4.69) is 26.2 Å². The highest BCUT2D eigenvalue weighted by Gasteiger charge is 2.64. The highest BCUT2D eigenvalue weighted by atomic mass is 32.2. The van der Waals surface area contributed by atoms with Gasteiger partial charge in [0.05, 0.1) is 12.5 Å². The van der Waals surface area contributed by atoms with E-state index in [0.717, 1.165) is 18.3 Å². The van der Waals surface area contributed by atoms with Gasteiger partial charge in [0.25, 0.3) is 0 Å². The van der Waals surface area contributed by atoms with Crippen molar-refractivity contribution in [1.29, 1.82) is 0 Å². The molecule has 0 heterocycles. The minimum Gasteiger partial charge on any atom is -0.469 e. The van der Waals surface area contributed by atoms with E-state index >= 15 is 0 Å². The van der Waals surface area contributed by atoms with Crippen molar-refractivity contribution in [2.75, 3.05) is 19.1 Å². The number of allylic oxidation sites excluding steroid dienone is 1. The largest absolute Gasteiger partial charge is 0.469 e. The van der Waals surface area contributed by atoms with Gasteiger partial charge in [-0.2, -0.15) is 11.8 Å². The number of rotatable bonds is 3. The molecule has 1 spiro atoms. The first-order valence-corrected chi connectivity index (χ1v) is 11.6. The van der Waals surface area contributed by atoms with Crippen molar-refractivity contribution >= 4 is 17.7 Å². The van der Waals surface area contributed by atoms with E-state index in [9.17, 15) is 4.79 Å². The molecule has 5 aliphatic rings. The maximum atomic E-state index is 12.7. The quantitative estimate of drug-likeness (QED) is 0.492. The summed E-state index contributed by atoms with van der Waals surface area (Å²) in [6, 6.07) is 0. The molecule has 5 rings (SSSR count). The zero-order chi connectivity index (χ0) is 17.9. The van der Waals surface area contributed by atoms with Gasteiger partial charge >= 0.3 is 5.97 Å². The van der Waals surface area contributed by atoms with Crippen LogP contribution in [0.2, 0.25) is 0 Å². The number of hydrogen-bond acceptors (Lipinski definition) is 3. The van der Waals surface area contributed by atoms with Gasteiger partial charge < -0.3 is 4.74 Å². The van der Waals surface area contributed by atoms with Gasteiger partial charge in [-0.3, -0.25) is 4.79 Å². The third kappa shape index (κ3) is 2.40. The lowest BCUT2D eigenvalue weighted by Crippen LogP contribution is -2.60. The Labute approximate surface area is 157 Å². The highest BCUT2D eigenvalue weighted by molar-refractivity contribution is 7.98. The zero-order valence-electron chi connectivity index (χ0n) is 16.4. The van der Waals surface area contributed by atoms with Gasteiger partial charge in [-0.1, -0.05) is 25.0 Å². The molecule has 6 atom stereocenters. The third-order valence-electron chi connectivity index (χ3n) is 8.80. The van der Waals surface area contributed by atoms with E-state index in [1.165, 1.54) is 50.7 Å². The monoisotopic (exact) mass is 362 g/mol. The number of fused-ring (bicyclic) bond motifs is 2. The van der Waals surface area contributed by atoms with E-state index in [-0.39, 0.29) is 11.4 Å². The Morgan fingerprint density at radius 1 is 1.20 bits per heavy atom. The summed E-state index contributed by atoms with van der Waals surface area (Å²) in [5.41, 5.74) is 2.20. The van der Waals surface area contributed by atoms with Crippen LogP contribution in [0.4, 0.5) is 0 Å². The Hall–Kier alpha value is -0.440. The Morgan fingerprint density at radius 2 is 1.96 bits per heavy atom. The molecular formula is C22H34O2S. The fourth-order valence-corrected chi connectivity index (χ4v) is 8.40. The van der Waals surface area contributed by atoms with Crippen LogP contribution >= 0.6 is 11.8 Å². The minimum absolute atomic E-state index is 0.0407. The Balaban J connectivity index is 1.72. The molecular weight excluding hydrogens is 328 g/mol. The number of carbonyl (C=O) groups is 1. The van der Waals surface area contributed by atoms with Crippen LogP contribution in [0.3, 0.4) is 0 Å².